The van der Waals surface area contributed by atoms with Crippen molar-refractivity contribution in [1.29, 1.82) is 0 Å². The summed E-state index contributed by atoms with van der Waals surface area (Å²) in [6.45, 7) is 1.17. The maximum Gasteiger partial charge on any atom is 0.394 e. The molecule has 0 bridgehead atoms. The van der Waals surface area contributed by atoms with Crippen LogP contribution in [0.5, 0.6) is 0 Å². The number of hydrogen-bond donors (Lipinski definition) is 0. The summed E-state index contributed by atoms with van der Waals surface area (Å²) < 4.78 is 149. The number of hydrogen-bond acceptors (Lipinski definition) is 5. The van der Waals surface area contributed by atoms with E-state index < -0.39 is 68.4 Å². The van der Waals surface area contributed by atoms with Gasteiger partial charge in [-0.1, -0.05) is 6.92 Å². The molecule has 5 aromatic heterocycles. The summed E-state index contributed by atoms with van der Waals surface area (Å²) in [7, 11) is 0. The standard InChI is InChI=1S/C32H25F11S5/c1-2-28(33,34)15-29(35,36)13-18-3-5-20(44-18)22-7-9-24(46-22)26-11-12-27(48-26)25-10-8-23(47-25)21-6-4-19(45-21)14-30(37,38)16-31(39,40)17-32(41,42)43/h3-12H,2,13-17H2,1H3. The number of halogens is 11. The van der Waals surface area contributed by atoms with Gasteiger partial charge in [-0.2, -0.15) is 13.2 Å². The zero-order chi connectivity index (χ0) is 35.1. The van der Waals surface area contributed by atoms with Crippen molar-refractivity contribution in [2.45, 2.75) is 75.3 Å². The normalized spacial score (nSPS) is 13.5. The maximum absolute atomic E-state index is 14.3. The van der Waals surface area contributed by atoms with Crippen LogP contribution in [0.4, 0.5) is 48.3 Å². The van der Waals surface area contributed by atoms with Crippen LogP contribution in [0.1, 0.15) is 42.4 Å². The second-order valence-electron chi connectivity index (χ2n) is 11.3. The van der Waals surface area contributed by atoms with E-state index in [1.54, 1.807) is 18.2 Å². The molecule has 16 heteroatoms. The Morgan fingerprint density at radius 3 is 0.979 bits per heavy atom. The topological polar surface area (TPSA) is 0 Å². The lowest BCUT2D eigenvalue weighted by molar-refractivity contribution is -0.205. The third kappa shape index (κ3) is 9.92. The van der Waals surface area contributed by atoms with E-state index in [9.17, 15) is 48.3 Å². The van der Waals surface area contributed by atoms with Gasteiger partial charge in [0.15, 0.2) is 0 Å². The summed E-state index contributed by atoms with van der Waals surface area (Å²) in [4.78, 5) is 7.06. The van der Waals surface area contributed by atoms with Gasteiger partial charge in [-0.05, 0) is 60.7 Å². The molecule has 5 aromatic rings. The zero-order valence-electron chi connectivity index (χ0n) is 24.7. The van der Waals surface area contributed by atoms with Crippen LogP contribution in [-0.2, 0) is 12.8 Å². The molecule has 0 radical (unpaired) electrons. The first-order valence-electron chi connectivity index (χ1n) is 14.3. The highest BCUT2D eigenvalue weighted by molar-refractivity contribution is 7.29. The van der Waals surface area contributed by atoms with Gasteiger partial charge < -0.3 is 0 Å². The zero-order valence-corrected chi connectivity index (χ0v) is 28.8. The van der Waals surface area contributed by atoms with Gasteiger partial charge in [-0.25, -0.2) is 35.1 Å². The molecule has 48 heavy (non-hydrogen) atoms. The Bertz CT molecular complexity index is 1820. The Labute approximate surface area is 288 Å². The van der Waals surface area contributed by atoms with Crippen LogP contribution in [0.25, 0.3) is 39.0 Å². The van der Waals surface area contributed by atoms with Crippen molar-refractivity contribution in [2.75, 3.05) is 0 Å². The number of alkyl halides is 11. The molecule has 0 fully saturated rings. The van der Waals surface area contributed by atoms with Gasteiger partial charge in [-0.3, -0.25) is 0 Å². The average molecular weight is 779 g/mol. The van der Waals surface area contributed by atoms with Gasteiger partial charge in [0.25, 0.3) is 23.7 Å². The van der Waals surface area contributed by atoms with Crippen LogP contribution in [0, 0.1) is 0 Å². The van der Waals surface area contributed by atoms with E-state index >= 15 is 0 Å². The van der Waals surface area contributed by atoms with E-state index in [2.05, 4.69) is 0 Å². The van der Waals surface area contributed by atoms with Crippen LogP contribution in [0.3, 0.4) is 0 Å². The van der Waals surface area contributed by atoms with E-state index in [1.165, 1.54) is 53.1 Å². The Morgan fingerprint density at radius 1 is 0.375 bits per heavy atom. The van der Waals surface area contributed by atoms with Crippen molar-refractivity contribution in [3.05, 3.63) is 70.4 Å². The predicted molar refractivity (Wildman–Crippen MR) is 175 cm³/mol. The summed E-state index contributed by atoms with van der Waals surface area (Å²) in [5.41, 5.74) is 0. The van der Waals surface area contributed by atoms with Crippen LogP contribution >= 0.6 is 56.7 Å². The molecule has 0 aromatic carbocycles. The molecule has 0 saturated carbocycles. The van der Waals surface area contributed by atoms with Crippen molar-refractivity contribution in [3.8, 4) is 39.0 Å². The first-order valence-corrected chi connectivity index (χ1v) is 18.4. The second-order valence-corrected chi connectivity index (χ2v) is 16.9. The fourth-order valence-electron chi connectivity index (χ4n) is 4.89. The molecule has 0 amide bonds. The van der Waals surface area contributed by atoms with Gasteiger partial charge >= 0.3 is 6.18 Å². The number of rotatable bonds is 14. The molecule has 0 aliphatic rings. The molecule has 0 unspecified atom stereocenters. The van der Waals surface area contributed by atoms with Crippen LogP contribution in [0.2, 0.25) is 0 Å². The molecular formula is C32H25F11S5. The summed E-state index contributed by atoms with van der Waals surface area (Å²) in [5, 5.41) is 0. The van der Waals surface area contributed by atoms with Crippen molar-refractivity contribution >= 4 is 56.7 Å². The lowest BCUT2D eigenvalue weighted by Crippen LogP contribution is -2.34. The molecule has 0 N–H and O–H groups in total. The molecule has 0 aliphatic heterocycles. The van der Waals surface area contributed by atoms with Gasteiger partial charge in [-0.15, -0.1) is 56.7 Å². The summed E-state index contributed by atoms with van der Waals surface area (Å²) in [6.07, 6.45) is -14.1. The molecule has 0 nitrogen and oxygen atoms in total. The fourth-order valence-corrected chi connectivity index (χ4v) is 10.4. The van der Waals surface area contributed by atoms with Crippen molar-refractivity contribution in [1.82, 2.24) is 0 Å². The number of thiophene rings is 5. The van der Waals surface area contributed by atoms with E-state index in [0.717, 1.165) is 56.8 Å². The van der Waals surface area contributed by atoms with Gasteiger partial charge in [0.05, 0.1) is 12.8 Å². The van der Waals surface area contributed by atoms with Crippen molar-refractivity contribution in [2.24, 2.45) is 0 Å². The van der Waals surface area contributed by atoms with E-state index in [-0.39, 0.29) is 4.88 Å². The lowest BCUT2D eigenvalue weighted by atomic mass is 10.0. The summed E-state index contributed by atoms with van der Waals surface area (Å²) in [5.74, 6) is -15.6. The quantitative estimate of drug-likeness (QED) is 0.0985. The minimum atomic E-state index is -5.26. The highest BCUT2D eigenvalue weighted by atomic mass is 32.1. The van der Waals surface area contributed by atoms with Crippen LogP contribution in [0.15, 0.2) is 60.7 Å². The average Bonchev–Trinajstić information content (AvgIpc) is 3.75. The van der Waals surface area contributed by atoms with Gasteiger partial charge in [0, 0.05) is 68.0 Å². The second kappa shape index (κ2) is 13.8. The van der Waals surface area contributed by atoms with Crippen molar-refractivity contribution < 1.29 is 48.3 Å². The van der Waals surface area contributed by atoms with E-state index in [4.69, 9.17) is 0 Å². The van der Waals surface area contributed by atoms with Gasteiger partial charge in [0.1, 0.15) is 6.42 Å². The first kappa shape index (κ1) is 37.0. The first-order chi connectivity index (χ1) is 22.2. The molecule has 5 rings (SSSR count). The Balaban J connectivity index is 1.22. The minimum absolute atomic E-state index is 0.0734. The van der Waals surface area contributed by atoms with E-state index in [0.29, 0.717) is 9.75 Å². The summed E-state index contributed by atoms with van der Waals surface area (Å²) in [6, 6.07) is 17.5. The van der Waals surface area contributed by atoms with Crippen LogP contribution in [-0.4, -0.2) is 29.9 Å². The van der Waals surface area contributed by atoms with Gasteiger partial charge in [0.2, 0.25) is 0 Å². The van der Waals surface area contributed by atoms with Crippen LogP contribution < -0.4 is 0 Å². The molecule has 0 spiro atoms. The lowest BCUT2D eigenvalue weighted by Gasteiger charge is -2.23. The molecule has 0 atom stereocenters. The Hall–Kier alpha value is -2.27. The minimum Gasteiger partial charge on any atom is -0.207 e. The van der Waals surface area contributed by atoms with E-state index in [1.807, 2.05) is 30.3 Å². The highest BCUT2D eigenvalue weighted by Crippen LogP contribution is 2.46. The molecule has 260 valence electrons. The molecule has 0 aliphatic carbocycles. The maximum atomic E-state index is 14.3. The molecule has 0 saturated heterocycles. The molecular weight excluding hydrogens is 754 g/mol. The predicted octanol–water partition coefficient (Wildman–Crippen LogP) is 14.4. The third-order valence-electron chi connectivity index (χ3n) is 6.99. The monoisotopic (exact) mass is 778 g/mol. The highest BCUT2D eigenvalue weighted by Gasteiger charge is 2.50. The Morgan fingerprint density at radius 2 is 0.667 bits per heavy atom. The summed E-state index contributed by atoms with van der Waals surface area (Å²) >= 11 is 6.47. The largest absolute Gasteiger partial charge is 0.394 e. The SMILES string of the molecule is CCC(F)(F)CC(F)(F)Cc1ccc(-c2ccc(-c3ccc(-c4ccc(-c5ccc(CC(F)(F)CC(F)(F)CC(F)(F)F)s5)s4)s3)s2)s1. The smallest absolute Gasteiger partial charge is 0.207 e. The van der Waals surface area contributed by atoms with Crippen molar-refractivity contribution in [3.63, 3.8) is 0 Å². The fraction of sp³-hybridized carbons (Fsp3) is 0.375. The third-order valence-corrected chi connectivity index (χ3v) is 13.2. The Kier molecular flexibility index (Phi) is 10.6. The molecule has 5 heterocycles.